The minimum atomic E-state index is -1.41. The molecule has 2 atom stereocenters. The molecule has 0 spiro atoms. The van der Waals surface area contributed by atoms with E-state index in [1.54, 1.807) is 0 Å². The summed E-state index contributed by atoms with van der Waals surface area (Å²) in [6.07, 6.45) is 0.440. The van der Waals surface area contributed by atoms with Crippen LogP contribution in [-0.2, 0) is 9.53 Å². The molecule has 1 aliphatic carbocycles. The third kappa shape index (κ3) is 2.73. The summed E-state index contributed by atoms with van der Waals surface area (Å²) in [5.41, 5.74) is -1.41. The molecule has 6 heteroatoms. The van der Waals surface area contributed by atoms with Gasteiger partial charge in [-0.3, -0.25) is 0 Å². The third-order valence-electron chi connectivity index (χ3n) is 2.57. The van der Waals surface area contributed by atoms with Gasteiger partial charge in [0.25, 0.3) is 0 Å². The van der Waals surface area contributed by atoms with E-state index in [-0.39, 0.29) is 19.4 Å². The first-order chi connectivity index (χ1) is 7.50. The van der Waals surface area contributed by atoms with Crippen molar-refractivity contribution in [3.8, 4) is 0 Å². The number of aliphatic hydroxyl groups is 1. The largest absolute Gasteiger partial charge is 0.480 e. The number of hydrogen-bond donors (Lipinski definition) is 3. The second-order valence-electron chi connectivity index (χ2n) is 3.80. The van der Waals surface area contributed by atoms with Crippen molar-refractivity contribution in [2.45, 2.75) is 30.9 Å². The summed E-state index contributed by atoms with van der Waals surface area (Å²) in [6, 6.07) is 0. The van der Waals surface area contributed by atoms with E-state index >= 15 is 0 Å². The number of ether oxygens (including phenoxy) is 1. The number of aliphatic hydroxyl groups excluding tert-OH is 1. The fourth-order valence-electron chi connectivity index (χ4n) is 1.75. The molecule has 0 aromatic heterocycles. The monoisotopic (exact) mass is 229 g/mol. The van der Waals surface area contributed by atoms with Crippen LogP contribution >= 0.6 is 0 Å². The highest BCUT2D eigenvalue weighted by Gasteiger charge is 2.46. The van der Waals surface area contributed by atoms with Gasteiger partial charge < -0.3 is 20.3 Å². The van der Waals surface area contributed by atoms with Gasteiger partial charge in [-0.25, -0.2) is 9.59 Å². The molecule has 16 heavy (non-hydrogen) atoms. The first kappa shape index (κ1) is 12.5. The Kier molecular flexibility index (Phi) is 3.89. The van der Waals surface area contributed by atoms with Gasteiger partial charge in [-0.1, -0.05) is 12.7 Å². The van der Waals surface area contributed by atoms with Crippen molar-refractivity contribution < 1.29 is 24.5 Å². The van der Waals surface area contributed by atoms with E-state index in [2.05, 4.69) is 16.6 Å². The maximum Gasteiger partial charge on any atom is 0.408 e. The molecule has 0 aliphatic heterocycles. The number of carbonyl (C=O) groups excluding carboxylic acids is 1. The van der Waals surface area contributed by atoms with Crippen molar-refractivity contribution in [1.29, 1.82) is 0 Å². The molecule has 6 nitrogen and oxygen atoms in total. The highest BCUT2D eigenvalue weighted by molar-refractivity contribution is 5.84. The molecule has 0 bridgehead atoms. The number of amides is 1. The molecule has 1 amide bonds. The Balaban J connectivity index is 2.62. The van der Waals surface area contributed by atoms with Crippen LogP contribution in [0.15, 0.2) is 12.7 Å². The van der Waals surface area contributed by atoms with Gasteiger partial charge in [-0.05, 0) is 12.8 Å². The van der Waals surface area contributed by atoms with Crippen molar-refractivity contribution in [2.75, 3.05) is 6.61 Å². The predicted octanol–water partition coefficient (Wildman–Crippen LogP) is 0.267. The van der Waals surface area contributed by atoms with Crippen LogP contribution in [0.1, 0.15) is 19.3 Å². The zero-order valence-electron chi connectivity index (χ0n) is 8.81. The van der Waals surface area contributed by atoms with E-state index in [1.165, 1.54) is 6.08 Å². The molecule has 1 rings (SSSR count). The maximum atomic E-state index is 11.2. The normalized spacial score (nSPS) is 28.4. The summed E-state index contributed by atoms with van der Waals surface area (Å²) in [6.45, 7) is 3.39. The van der Waals surface area contributed by atoms with Crippen LogP contribution in [-0.4, -0.2) is 40.5 Å². The Labute approximate surface area is 92.9 Å². The molecule has 0 saturated heterocycles. The minimum absolute atomic E-state index is 0.00548. The van der Waals surface area contributed by atoms with Crippen LogP contribution in [0, 0.1) is 0 Å². The smallest absolute Gasteiger partial charge is 0.408 e. The second-order valence-corrected chi connectivity index (χ2v) is 3.80. The summed E-state index contributed by atoms with van der Waals surface area (Å²) in [7, 11) is 0. The number of carboxylic acids is 1. The Morgan fingerprint density at radius 3 is 2.75 bits per heavy atom. The van der Waals surface area contributed by atoms with Crippen molar-refractivity contribution in [3.63, 3.8) is 0 Å². The van der Waals surface area contributed by atoms with Crippen molar-refractivity contribution in [1.82, 2.24) is 5.32 Å². The molecule has 0 heterocycles. The summed E-state index contributed by atoms with van der Waals surface area (Å²) >= 11 is 0. The highest BCUT2D eigenvalue weighted by Crippen LogP contribution is 2.30. The van der Waals surface area contributed by atoms with Gasteiger partial charge in [-0.15, -0.1) is 0 Å². The molecule has 0 radical (unpaired) electrons. The van der Waals surface area contributed by atoms with Gasteiger partial charge in [0.2, 0.25) is 0 Å². The lowest BCUT2D eigenvalue weighted by molar-refractivity contribution is -0.144. The van der Waals surface area contributed by atoms with Gasteiger partial charge in [0.1, 0.15) is 12.1 Å². The summed E-state index contributed by atoms with van der Waals surface area (Å²) < 4.78 is 4.65. The SMILES string of the molecule is C=CCOC(=O)N[C@]1(C(=O)O)CC[C@H](O)C1. The van der Waals surface area contributed by atoms with E-state index < -0.39 is 23.7 Å². The molecular weight excluding hydrogens is 214 g/mol. The van der Waals surface area contributed by atoms with Gasteiger partial charge >= 0.3 is 12.1 Å². The lowest BCUT2D eigenvalue weighted by Crippen LogP contribution is -2.53. The third-order valence-corrected chi connectivity index (χ3v) is 2.57. The van der Waals surface area contributed by atoms with Gasteiger partial charge in [0.05, 0.1) is 6.10 Å². The van der Waals surface area contributed by atoms with Crippen LogP contribution in [0.5, 0.6) is 0 Å². The quantitative estimate of drug-likeness (QED) is 0.601. The number of carboxylic acid groups (broad SMARTS) is 1. The average Bonchev–Trinajstić information content (AvgIpc) is 2.58. The molecule has 90 valence electrons. The number of aliphatic carboxylic acids is 1. The summed E-state index contributed by atoms with van der Waals surface area (Å²) in [4.78, 5) is 22.3. The van der Waals surface area contributed by atoms with Crippen LogP contribution < -0.4 is 5.32 Å². The standard InChI is InChI=1S/C10H15NO5/c1-2-5-16-9(15)11-10(8(13)14)4-3-7(12)6-10/h2,7,12H,1,3-6H2,(H,11,15)(H,13,14)/t7-,10+/m0/s1. The second kappa shape index (κ2) is 4.98. The Morgan fingerprint density at radius 1 is 1.62 bits per heavy atom. The Bertz CT molecular complexity index is 304. The fraction of sp³-hybridized carbons (Fsp3) is 0.600. The molecule has 1 aliphatic rings. The highest BCUT2D eigenvalue weighted by atomic mass is 16.5. The van der Waals surface area contributed by atoms with E-state index in [9.17, 15) is 14.7 Å². The number of alkyl carbamates (subject to hydrolysis) is 1. The van der Waals surface area contributed by atoms with E-state index in [0.717, 1.165) is 0 Å². The maximum absolute atomic E-state index is 11.2. The fourth-order valence-corrected chi connectivity index (χ4v) is 1.75. The molecular formula is C10H15NO5. The predicted molar refractivity (Wildman–Crippen MR) is 54.9 cm³/mol. The lowest BCUT2D eigenvalue weighted by Gasteiger charge is -2.24. The summed E-state index contributed by atoms with van der Waals surface area (Å²) in [5.74, 6) is -1.15. The van der Waals surface area contributed by atoms with E-state index in [4.69, 9.17) is 5.11 Å². The number of rotatable bonds is 4. The Hall–Kier alpha value is -1.56. The van der Waals surface area contributed by atoms with E-state index in [1.807, 2.05) is 0 Å². The van der Waals surface area contributed by atoms with Crippen molar-refractivity contribution in [2.24, 2.45) is 0 Å². The molecule has 1 saturated carbocycles. The zero-order valence-corrected chi connectivity index (χ0v) is 8.81. The van der Waals surface area contributed by atoms with Crippen LogP contribution in [0.2, 0.25) is 0 Å². The van der Waals surface area contributed by atoms with Gasteiger partial charge in [0.15, 0.2) is 0 Å². The topological polar surface area (TPSA) is 95.9 Å². The molecule has 0 unspecified atom stereocenters. The van der Waals surface area contributed by atoms with Gasteiger partial charge in [-0.2, -0.15) is 0 Å². The Morgan fingerprint density at radius 2 is 2.31 bits per heavy atom. The van der Waals surface area contributed by atoms with Crippen LogP contribution in [0.25, 0.3) is 0 Å². The first-order valence-corrected chi connectivity index (χ1v) is 4.97. The van der Waals surface area contributed by atoms with Crippen LogP contribution in [0.4, 0.5) is 4.79 Å². The lowest BCUT2D eigenvalue weighted by atomic mass is 9.98. The number of hydrogen-bond acceptors (Lipinski definition) is 4. The first-order valence-electron chi connectivity index (χ1n) is 4.97. The molecule has 3 N–H and O–H groups in total. The van der Waals surface area contributed by atoms with E-state index in [0.29, 0.717) is 6.42 Å². The molecule has 0 aromatic rings. The van der Waals surface area contributed by atoms with Gasteiger partial charge in [0, 0.05) is 6.42 Å². The minimum Gasteiger partial charge on any atom is -0.480 e. The van der Waals surface area contributed by atoms with Crippen molar-refractivity contribution >= 4 is 12.1 Å². The summed E-state index contributed by atoms with van der Waals surface area (Å²) in [5, 5.41) is 20.7. The molecule has 1 fully saturated rings. The van der Waals surface area contributed by atoms with Crippen molar-refractivity contribution in [3.05, 3.63) is 12.7 Å². The average molecular weight is 229 g/mol. The zero-order chi connectivity index (χ0) is 12.2. The number of carbonyl (C=O) groups is 2. The number of nitrogens with one attached hydrogen (secondary N) is 1. The van der Waals surface area contributed by atoms with Crippen LogP contribution in [0.3, 0.4) is 0 Å². The molecule has 0 aromatic carbocycles.